The summed E-state index contributed by atoms with van der Waals surface area (Å²) >= 11 is 5.87. The van der Waals surface area contributed by atoms with Crippen LogP contribution in [0, 0.1) is 5.92 Å². The molecule has 2 unspecified atom stereocenters. The van der Waals surface area contributed by atoms with Crippen LogP contribution in [-0.2, 0) is 6.54 Å². The molecule has 0 spiro atoms. The van der Waals surface area contributed by atoms with Crippen LogP contribution in [0.1, 0.15) is 25.8 Å². The molecule has 0 aliphatic carbocycles. The van der Waals surface area contributed by atoms with E-state index in [1.165, 1.54) is 18.5 Å². The Morgan fingerprint density at radius 2 is 2.33 bits per heavy atom. The van der Waals surface area contributed by atoms with E-state index in [9.17, 15) is 0 Å². The largest absolute Gasteiger partial charge is 0.296 e. The summed E-state index contributed by atoms with van der Waals surface area (Å²) in [7, 11) is 0. The molecule has 2 heterocycles. The maximum Gasteiger partial charge on any atom is 0.129 e. The van der Waals surface area contributed by atoms with Crippen LogP contribution in [0.25, 0.3) is 0 Å². The molecule has 1 aromatic rings. The number of likely N-dealkylation sites (tertiary alicyclic amines) is 1. The van der Waals surface area contributed by atoms with Gasteiger partial charge in [0, 0.05) is 25.3 Å². The van der Waals surface area contributed by atoms with Gasteiger partial charge in [-0.3, -0.25) is 4.90 Å². The Morgan fingerprint density at radius 1 is 1.53 bits per heavy atom. The third kappa shape index (κ3) is 2.70. The highest BCUT2D eigenvalue weighted by molar-refractivity contribution is 6.29. The smallest absolute Gasteiger partial charge is 0.129 e. The summed E-state index contributed by atoms with van der Waals surface area (Å²) < 4.78 is 0. The number of rotatable bonds is 2. The Kier molecular flexibility index (Phi) is 3.27. The minimum atomic E-state index is 0.590. The van der Waals surface area contributed by atoms with E-state index in [-0.39, 0.29) is 0 Å². The van der Waals surface area contributed by atoms with Crippen molar-refractivity contribution in [2.24, 2.45) is 5.92 Å². The van der Waals surface area contributed by atoms with Gasteiger partial charge in [-0.2, -0.15) is 0 Å². The van der Waals surface area contributed by atoms with Crippen LogP contribution >= 0.6 is 11.6 Å². The zero-order valence-corrected chi connectivity index (χ0v) is 10.0. The first-order valence-electron chi connectivity index (χ1n) is 5.49. The minimum absolute atomic E-state index is 0.590. The van der Waals surface area contributed by atoms with Crippen molar-refractivity contribution >= 4 is 11.6 Å². The zero-order valence-electron chi connectivity index (χ0n) is 9.28. The molecule has 0 aromatic carbocycles. The van der Waals surface area contributed by atoms with Crippen LogP contribution in [0.15, 0.2) is 18.3 Å². The van der Waals surface area contributed by atoms with Crippen molar-refractivity contribution in [1.29, 1.82) is 0 Å². The summed E-state index contributed by atoms with van der Waals surface area (Å²) in [4.78, 5) is 6.51. The fourth-order valence-electron chi connectivity index (χ4n) is 2.38. The lowest BCUT2D eigenvalue weighted by Crippen LogP contribution is -2.26. The van der Waals surface area contributed by atoms with E-state index in [2.05, 4.69) is 23.7 Å². The van der Waals surface area contributed by atoms with Gasteiger partial charge >= 0.3 is 0 Å². The van der Waals surface area contributed by atoms with E-state index < -0.39 is 0 Å². The monoisotopic (exact) mass is 224 g/mol. The molecule has 2 rings (SSSR count). The lowest BCUT2D eigenvalue weighted by atomic mass is 10.1. The van der Waals surface area contributed by atoms with Crippen LogP contribution in [0.5, 0.6) is 0 Å². The molecule has 3 heteroatoms. The van der Waals surface area contributed by atoms with Gasteiger partial charge in [0.05, 0.1) is 0 Å². The Balaban J connectivity index is 2.03. The van der Waals surface area contributed by atoms with E-state index in [1.54, 1.807) is 6.20 Å². The minimum Gasteiger partial charge on any atom is -0.296 e. The Morgan fingerprint density at radius 3 is 2.93 bits per heavy atom. The average Bonchev–Trinajstić information content (AvgIpc) is 2.45. The van der Waals surface area contributed by atoms with Gasteiger partial charge in [0.2, 0.25) is 0 Å². The molecule has 1 fully saturated rings. The van der Waals surface area contributed by atoms with Crippen molar-refractivity contribution in [3.8, 4) is 0 Å². The van der Waals surface area contributed by atoms with Crippen molar-refractivity contribution in [3.63, 3.8) is 0 Å². The summed E-state index contributed by atoms with van der Waals surface area (Å²) in [5.41, 5.74) is 1.26. The average molecular weight is 225 g/mol. The van der Waals surface area contributed by atoms with Gasteiger partial charge in [-0.1, -0.05) is 18.5 Å². The first-order chi connectivity index (χ1) is 7.15. The highest BCUT2D eigenvalue weighted by Gasteiger charge is 2.25. The van der Waals surface area contributed by atoms with E-state index >= 15 is 0 Å². The van der Waals surface area contributed by atoms with Crippen molar-refractivity contribution < 1.29 is 0 Å². The maximum atomic E-state index is 5.87. The van der Waals surface area contributed by atoms with E-state index in [0.29, 0.717) is 11.2 Å². The quantitative estimate of drug-likeness (QED) is 0.719. The molecule has 1 aliphatic heterocycles. The van der Waals surface area contributed by atoms with Crippen LogP contribution in [0.4, 0.5) is 0 Å². The summed E-state index contributed by atoms with van der Waals surface area (Å²) in [6, 6.07) is 4.69. The molecular weight excluding hydrogens is 208 g/mol. The van der Waals surface area contributed by atoms with Gasteiger partial charge in [-0.15, -0.1) is 0 Å². The van der Waals surface area contributed by atoms with Crippen molar-refractivity contribution in [2.45, 2.75) is 32.9 Å². The third-order valence-electron chi connectivity index (χ3n) is 3.09. The summed E-state index contributed by atoms with van der Waals surface area (Å²) in [5, 5.41) is 0.590. The molecule has 0 N–H and O–H groups in total. The fraction of sp³-hybridized carbons (Fsp3) is 0.583. The van der Waals surface area contributed by atoms with E-state index in [4.69, 9.17) is 11.6 Å². The summed E-state index contributed by atoms with van der Waals surface area (Å²) in [6.45, 7) is 6.80. The lowest BCUT2D eigenvalue weighted by Gasteiger charge is -2.20. The molecule has 1 aromatic heterocycles. The van der Waals surface area contributed by atoms with Crippen molar-refractivity contribution in [1.82, 2.24) is 9.88 Å². The normalized spacial score (nSPS) is 27.1. The third-order valence-corrected chi connectivity index (χ3v) is 3.30. The predicted molar refractivity (Wildman–Crippen MR) is 62.9 cm³/mol. The lowest BCUT2D eigenvalue weighted by molar-refractivity contribution is 0.256. The molecule has 82 valence electrons. The second-order valence-corrected chi connectivity index (χ2v) is 4.99. The number of nitrogens with zero attached hydrogens (tertiary/aromatic N) is 2. The number of aromatic nitrogens is 1. The van der Waals surface area contributed by atoms with Gasteiger partial charge in [-0.25, -0.2) is 4.98 Å². The first kappa shape index (κ1) is 10.9. The number of pyridine rings is 1. The van der Waals surface area contributed by atoms with Gasteiger partial charge < -0.3 is 0 Å². The Hall–Kier alpha value is -0.600. The molecule has 0 bridgehead atoms. The molecule has 2 atom stereocenters. The van der Waals surface area contributed by atoms with Gasteiger partial charge in [0.15, 0.2) is 0 Å². The van der Waals surface area contributed by atoms with Gasteiger partial charge in [-0.05, 0) is 37.0 Å². The summed E-state index contributed by atoms with van der Waals surface area (Å²) in [5.74, 6) is 0.817. The molecule has 0 saturated carbocycles. The molecular formula is C12H17ClN2. The predicted octanol–water partition coefficient (Wildman–Crippen LogP) is 2.97. The molecule has 1 aliphatic rings. The standard InChI is InChI=1S/C12H17ClN2/c1-9-5-10(2)15(7-9)8-11-3-4-14-12(13)6-11/h3-4,6,9-10H,5,7-8H2,1-2H3. The van der Waals surface area contributed by atoms with Crippen molar-refractivity contribution in [3.05, 3.63) is 29.0 Å². The zero-order chi connectivity index (χ0) is 10.8. The highest BCUT2D eigenvalue weighted by Crippen LogP contribution is 2.24. The topological polar surface area (TPSA) is 16.1 Å². The number of hydrogen-bond donors (Lipinski definition) is 0. The van der Waals surface area contributed by atoms with Crippen molar-refractivity contribution in [2.75, 3.05) is 6.54 Å². The second-order valence-electron chi connectivity index (χ2n) is 4.61. The summed E-state index contributed by atoms with van der Waals surface area (Å²) in [6.07, 6.45) is 3.08. The van der Waals surface area contributed by atoms with Gasteiger partial charge in [0.1, 0.15) is 5.15 Å². The Labute approximate surface area is 96.3 Å². The maximum absolute atomic E-state index is 5.87. The molecule has 0 amide bonds. The number of hydrogen-bond acceptors (Lipinski definition) is 2. The molecule has 15 heavy (non-hydrogen) atoms. The van der Waals surface area contributed by atoms with Crippen LogP contribution in [0.3, 0.4) is 0 Å². The van der Waals surface area contributed by atoms with E-state index in [1.807, 2.05) is 12.1 Å². The first-order valence-corrected chi connectivity index (χ1v) is 5.87. The van der Waals surface area contributed by atoms with Gasteiger partial charge in [0.25, 0.3) is 0 Å². The molecule has 0 radical (unpaired) electrons. The highest BCUT2D eigenvalue weighted by atomic mass is 35.5. The van der Waals surface area contributed by atoms with Crippen LogP contribution < -0.4 is 0 Å². The van der Waals surface area contributed by atoms with Crippen LogP contribution in [0.2, 0.25) is 5.15 Å². The number of halogens is 1. The van der Waals surface area contributed by atoms with Crippen LogP contribution in [-0.4, -0.2) is 22.5 Å². The molecule has 2 nitrogen and oxygen atoms in total. The fourth-order valence-corrected chi connectivity index (χ4v) is 2.58. The van der Waals surface area contributed by atoms with E-state index in [0.717, 1.165) is 12.5 Å². The Bertz CT molecular complexity index is 340. The molecule has 1 saturated heterocycles. The second kappa shape index (κ2) is 4.50. The SMILES string of the molecule is CC1CC(C)N(Cc2ccnc(Cl)c2)C1.